The normalized spacial score (nSPS) is 10.8. The van der Waals surface area contributed by atoms with Crippen LogP contribution in [-0.2, 0) is 11.2 Å². The van der Waals surface area contributed by atoms with E-state index < -0.39 is 0 Å². The van der Waals surface area contributed by atoms with Gasteiger partial charge in [-0.2, -0.15) is 5.10 Å². The molecule has 114 valence electrons. The Labute approximate surface area is 136 Å². The Kier molecular flexibility index (Phi) is 5.55. The van der Waals surface area contributed by atoms with Gasteiger partial charge in [-0.1, -0.05) is 28.1 Å². The van der Waals surface area contributed by atoms with Gasteiger partial charge in [0, 0.05) is 16.5 Å². The zero-order valence-electron chi connectivity index (χ0n) is 11.7. The van der Waals surface area contributed by atoms with E-state index >= 15 is 0 Å². The SMILES string of the molecule is O=C(CCc1ccc(O)cc1)NN=Cc1cc(Br)ccc1O. The number of amides is 1. The summed E-state index contributed by atoms with van der Waals surface area (Å²) >= 11 is 3.30. The van der Waals surface area contributed by atoms with E-state index in [-0.39, 0.29) is 23.8 Å². The van der Waals surface area contributed by atoms with Gasteiger partial charge < -0.3 is 10.2 Å². The number of hydrogen-bond acceptors (Lipinski definition) is 4. The molecule has 0 atom stereocenters. The molecule has 0 aliphatic rings. The summed E-state index contributed by atoms with van der Waals surface area (Å²) in [7, 11) is 0. The van der Waals surface area contributed by atoms with Crippen LogP contribution in [0.15, 0.2) is 52.0 Å². The topological polar surface area (TPSA) is 81.9 Å². The lowest BCUT2D eigenvalue weighted by molar-refractivity contribution is -0.121. The summed E-state index contributed by atoms with van der Waals surface area (Å²) in [5, 5.41) is 22.6. The molecule has 1 amide bonds. The summed E-state index contributed by atoms with van der Waals surface area (Å²) < 4.78 is 0.811. The van der Waals surface area contributed by atoms with Crippen LogP contribution in [0.5, 0.6) is 11.5 Å². The van der Waals surface area contributed by atoms with Crippen molar-refractivity contribution in [3.8, 4) is 11.5 Å². The Morgan fingerprint density at radius 1 is 1.18 bits per heavy atom. The molecule has 22 heavy (non-hydrogen) atoms. The van der Waals surface area contributed by atoms with E-state index in [1.54, 1.807) is 36.4 Å². The van der Waals surface area contributed by atoms with E-state index in [1.165, 1.54) is 12.3 Å². The summed E-state index contributed by atoms with van der Waals surface area (Å²) in [6, 6.07) is 11.7. The van der Waals surface area contributed by atoms with Crippen LogP contribution < -0.4 is 5.43 Å². The Balaban J connectivity index is 1.83. The van der Waals surface area contributed by atoms with Crippen LogP contribution in [0.1, 0.15) is 17.5 Å². The highest BCUT2D eigenvalue weighted by molar-refractivity contribution is 9.10. The molecular formula is C16H15BrN2O3. The Bertz CT molecular complexity index is 684. The van der Waals surface area contributed by atoms with Crippen LogP contribution in [0, 0.1) is 0 Å². The number of phenols is 2. The van der Waals surface area contributed by atoms with Gasteiger partial charge in [0.15, 0.2) is 0 Å². The van der Waals surface area contributed by atoms with Crippen molar-refractivity contribution in [3.05, 3.63) is 58.1 Å². The number of nitrogens with one attached hydrogen (secondary N) is 1. The van der Waals surface area contributed by atoms with E-state index in [0.717, 1.165) is 10.0 Å². The summed E-state index contributed by atoms with van der Waals surface area (Å²) in [5.41, 5.74) is 3.88. The summed E-state index contributed by atoms with van der Waals surface area (Å²) in [5.74, 6) is 0.0655. The van der Waals surface area contributed by atoms with Crippen LogP contribution in [0.3, 0.4) is 0 Å². The van der Waals surface area contributed by atoms with Crippen molar-refractivity contribution in [2.24, 2.45) is 5.10 Å². The van der Waals surface area contributed by atoms with Gasteiger partial charge in [-0.15, -0.1) is 0 Å². The van der Waals surface area contributed by atoms with Crippen LogP contribution in [0.25, 0.3) is 0 Å². The number of phenolic OH excluding ortho intramolecular Hbond substituents is 2. The first-order valence-corrected chi connectivity index (χ1v) is 7.42. The molecule has 6 heteroatoms. The molecule has 0 radical (unpaired) electrons. The van der Waals surface area contributed by atoms with E-state index in [9.17, 15) is 15.0 Å². The molecule has 0 heterocycles. The van der Waals surface area contributed by atoms with Gasteiger partial charge >= 0.3 is 0 Å². The fraction of sp³-hybridized carbons (Fsp3) is 0.125. The fourth-order valence-corrected chi connectivity index (χ4v) is 2.16. The molecule has 2 aromatic rings. The summed E-state index contributed by atoms with van der Waals surface area (Å²) in [4.78, 5) is 11.7. The van der Waals surface area contributed by atoms with Crippen LogP contribution in [0.2, 0.25) is 0 Å². The maximum absolute atomic E-state index is 11.7. The average Bonchev–Trinajstić information content (AvgIpc) is 2.50. The lowest BCUT2D eigenvalue weighted by Gasteiger charge is -2.02. The Morgan fingerprint density at radius 2 is 1.91 bits per heavy atom. The minimum atomic E-state index is -0.223. The third-order valence-corrected chi connectivity index (χ3v) is 3.45. The second kappa shape index (κ2) is 7.61. The van der Waals surface area contributed by atoms with E-state index in [4.69, 9.17) is 0 Å². The standard InChI is InChI=1S/C16H15BrN2O3/c17-13-4-7-15(21)12(9-13)10-18-19-16(22)8-3-11-1-5-14(20)6-2-11/h1-2,4-7,9-10,20-21H,3,8H2,(H,19,22). The number of aryl methyl sites for hydroxylation is 1. The molecule has 3 N–H and O–H groups in total. The molecule has 0 unspecified atom stereocenters. The Hall–Kier alpha value is -2.34. The third-order valence-electron chi connectivity index (χ3n) is 2.96. The first kappa shape index (κ1) is 16.0. The second-order valence-corrected chi connectivity index (χ2v) is 5.58. The highest BCUT2D eigenvalue weighted by Crippen LogP contribution is 2.19. The minimum absolute atomic E-state index is 0.0882. The molecular weight excluding hydrogens is 348 g/mol. The first-order valence-electron chi connectivity index (χ1n) is 6.63. The van der Waals surface area contributed by atoms with Gasteiger partial charge in [0.25, 0.3) is 0 Å². The van der Waals surface area contributed by atoms with Crippen molar-refractivity contribution < 1.29 is 15.0 Å². The van der Waals surface area contributed by atoms with Crippen LogP contribution in [0.4, 0.5) is 0 Å². The number of halogens is 1. The second-order valence-electron chi connectivity index (χ2n) is 4.66. The number of hydrogen-bond donors (Lipinski definition) is 3. The molecule has 5 nitrogen and oxygen atoms in total. The van der Waals surface area contributed by atoms with Crippen LogP contribution >= 0.6 is 15.9 Å². The van der Waals surface area contributed by atoms with Gasteiger partial charge in [-0.25, -0.2) is 5.43 Å². The van der Waals surface area contributed by atoms with Gasteiger partial charge in [0.05, 0.1) is 6.21 Å². The van der Waals surface area contributed by atoms with Crippen molar-refractivity contribution in [1.29, 1.82) is 0 Å². The predicted molar refractivity (Wildman–Crippen MR) is 88.0 cm³/mol. The zero-order chi connectivity index (χ0) is 15.9. The largest absolute Gasteiger partial charge is 0.508 e. The summed E-state index contributed by atoms with van der Waals surface area (Å²) in [6.07, 6.45) is 2.23. The molecule has 2 rings (SSSR count). The van der Waals surface area contributed by atoms with Crippen molar-refractivity contribution in [3.63, 3.8) is 0 Å². The predicted octanol–water partition coefficient (Wildman–Crippen LogP) is 2.94. The third kappa shape index (κ3) is 4.89. The van der Waals surface area contributed by atoms with E-state index in [1.807, 2.05) is 0 Å². The summed E-state index contributed by atoms with van der Waals surface area (Å²) in [6.45, 7) is 0. The fourth-order valence-electron chi connectivity index (χ4n) is 1.78. The molecule has 0 fully saturated rings. The number of benzene rings is 2. The van der Waals surface area contributed by atoms with Crippen LogP contribution in [-0.4, -0.2) is 22.3 Å². The molecule has 0 aliphatic heterocycles. The number of carbonyl (C=O) groups is 1. The zero-order valence-corrected chi connectivity index (χ0v) is 13.2. The number of carbonyl (C=O) groups excluding carboxylic acids is 1. The van der Waals surface area contributed by atoms with Crippen molar-refractivity contribution in [2.75, 3.05) is 0 Å². The molecule has 0 saturated heterocycles. The molecule has 0 aliphatic carbocycles. The molecule has 0 aromatic heterocycles. The highest BCUT2D eigenvalue weighted by atomic mass is 79.9. The number of aromatic hydroxyl groups is 2. The van der Waals surface area contributed by atoms with Gasteiger partial charge in [-0.05, 0) is 42.3 Å². The van der Waals surface area contributed by atoms with Gasteiger partial charge in [0.1, 0.15) is 11.5 Å². The lowest BCUT2D eigenvalue weighted by atomic mass is 10.1. The molecule has 0 saturated carbocycles. The first-order chi connectivity index (χ1) is 10.5. The number of nitrogens with zero attached hydrogens (tertiary/aromatic N) is 1. The van der Waals surface area contributed by atoms with Crippen molar-refractivity contribution in [2.45, 2.75) is 12.8 Å². The molecule has 0 bridgehead atoms. The number of rotatable bonds is 5. The minimum Gasteiger partial charge on any atom is -0.508 e. The Morgan fingerprint density at radius 3 is 2.64 bits per heavy atom. The van der Waals surface area contributed by atoms with Crippen molar-refractivity contribution >= 4 is 28.1 Å². The quantitative estimate of drug-likeness (QED) is 0.564. The van der Waals surface area contributed by atoms with E-state index in [0.29, 0.717) is 12.0 Å². The van der Waals surface area contributed by atoms with Gasteiger partial charge in [0.2, 0.25) is 5.91 Å². The monoisotopic (exact) mass is 362 g/mol. The maximum atomic E-state index is 11.7. The highest BCUT2D eigenvalue weighted by Gasteiger charge is 2.02. The average molecular weight is 363 g/mol. The lowest BCUT2D eigenvalue weighted by Crippen LogP contribution is -2.17. The molecule has 0 spiro atoms. The maximum Gasteiger partial charge on any atom is 0.240 e. The van der Waals surface area contributed by atoms with E-state index in [2.05, 4.69) is 26.5 Å². The number of hydrazone groups is 1. The molecule has 2 aromatic carbocycles. The van der Waals surface area contributed by atoms with Crippen molar-refractivity contribution in [1.82, 2.24) is 5.43 Å². The smallest absolute Gasteiger partial charge is 0.240 e. The van der Waals surface area contributed by atoms with Gasteiger partial charge in [-0.3, -0.25) is 4.79 Å².